The number of ether oxygens (including phenoxy) is 1. The third-order valence-corrected chi connectivity index (χ3v) is 10.2. The molecule has 0 saturated heterocycles. The lowest BCUT2D eigenvalue weighted by Gasteiger charge is -2.35. The highest BCUT2D eigenvalue weighted by molar-refractivity contribution is 7.92. The number of nitrogens with zero attached hydrogens (tertiary/aromatic N) is 2. The third-order valence-electron chi connectivity index (χ3n) is 8.20. The molecule has 0 spiro atoms. The molecule has 4 rings (SSSR count). The van der Waals surface area contributed by atoms with Crippen LogP contribution in [0.25, 0.3) is 0 Å². The first-order valence-corrected chi connectivity index (χ1v) is 17.9. The maximum atomic E-state index is 13.7. The largest absolute Gasteiger partial charge is 0.445 e. The fourth-order valence-electron chi connectivity index (χ4n) is 5.57. The van der Waals surface area contributed by atoms with Crippen LogP contribution in [0.3, 0.4) is 0 Å². The van der Waals surface area contributed by atoms with Gasteiger partial charge in [-0.15, -0.1) is 0 Å². The highest BCUT2D eigenvalue weighted by Crippen LogP contribution is 2.27. The van der Waals surface area contributed by atoms with Gasteiger partial charge in [-0.3, -0.25) is 14.0 Å². The van der Waals surface area contributed by atoms with E-state index in [1.807, 2.05) is 97.9 Å². The maximum Gasteiger partial charge on any atom is 0.410 e. The van der Waals surface area contributed by atoms with E-state index in [2.05, 4.69) is 5.32 Å². The highest BCUT2D eigenvalue weighted by atomic mass is 32.2. The number of anilines is 1. The van der Waals surface area contributed by atoms with Crippen LogP contribution in [-0.4, -0.2) is 61.9 Å². The van der Waals surface area contributed by atoms with E-state index in [-0.39, 0.29) is 30.9 Å². The summed E-state index contributed by atoms with van der Waals surface area (Å²) in [6.07, 6.45) is -0.456. The summed E-state index contributed by atoms with van der Waals surface area (Å²) in [5.41, 5.74) is 3.22. The van der Waals surface area contributed by atoms with Crippen LogP contribution in [0.2, 0.25) is 0 Å². The number of aliphatic hydroxyl groups excluding tert-OH is 1. The van der Waals surface area contributed by atoms with E-state index >= 15 is 0 Å². The summed E-state index contributed by atoms with van der Waals surface area (Å²) in [5, 5.41) is 14.8. The lowest BCUT2D eigenvalue weighted by atomic mass is 9.98. The van der Waals surface area contributed by atoms with E-state index in [9.17, 15) is 23.1 Å². The topological polar surface area (TPSA) is 116 Å². The van der Waals surface area contributed by atoms with Gasteiger partial charge in [-0.05, 0) is 54.2 Å². The number of sulfonamides is 1. The second-order valence-corrected chi connectivity index (χ2v) is 13.8. The molecule has 0 aliphatic rings. The number of benzene rings is 4. The van der Waals surface area contributed by atoms with Crippen LogP contribution in [0.1, 0.15) is 59.8 Å². The van der Waals surface area contributed by atoms with Crippen LogP contribution in [0.15, 0.2) is 115 Å². The van der Waals surface area contributed by atoms with E-state index in [0.29, 0.717) is 18.5 Å². The van der Waals surface area contributed by atoms with Gasteiger partial charge in [0.15, 0.2) is 0 Å². The minimum Gasteiger partial charge on any atom is -0.445 e. The molecule has 0 unspecified atom stereocenters. The van der Waals surface area contributed by atoms with Gasteiger partial charge in [0.25, 0.3) is 5.91 Å². The van der Waals surface area contributed by atoms with Crippen LogP contribution in [0.4, 0.5) is 10.5 Å². The average molecular weight is 672 g/mol. The zero-order valence-corrected chi connectivity index (χ0v) is 28.6. The fraction of sp³-hybridized carbons (Fsp3) is 0.316. The number of nitrogens with one attached hydrogen (secondary N) is 1. The predicted molar refractivity (Wildman–Crippen MR) is 189 cm³/mol. The van der Waals surface area contributed by atoms with Crippen molar-refractivity contribution in [1.82, 2.24) is 10.2 Å². The van der Waals surface area contributed by atoms with Gasteiger partial charge in [-0.2, -0.15) is 0 Å². The molecule has 10 heteroatoms. The molecule has 48 heavy (non-hydrogen) atoms. The number of hydrogen-bond acceptors (Lipinski definition) is 6. The predicted octanol–water partition coefficient (Wildman–Crippen LogP) is 6.35. The van der Waals surface area contributed by atoms with E-state index in [0.717, 1.165) is 16.7 Å². The van der Waals surface area contributed by atoms with Crippen molar-refractivity contribution in [1.29, 1.82) is 0 Å². The lowest BCUT2D eigenvalue weighted by Crippen LogP contribution is -2.51. The summed E-state index contributed by atoms with van der Waals surface area (Å²) >= 11 is 0. The van der Waals surface area contributed by atoms with Gasteiger partial charge in [-0.1, -0.05) is 111 Å². The standard InChI is InChI=1S/C38H45N3O6S/c1-4-24-48(45,46)40(3)33-23-15-22-32(26-33)37(43)39-34(25-29-16-9-6-10-17-29)36(42)27-41(35(5-2)31-20-13-8-14-21-31)38(44)47-28-30-18-11-7-12-19-30/h6-23,26,34-36,42H,4-5,24-25,27-28H2,1-3H3,(H,39,43)/t34-,35-,36+/m0/s1. The first-order valence-electron chi connectivity index (χ1n) is 16.2. The molecule has 0 aliphatic heterocycles. The number of carbonyl (C=O) groups is 2. The third kappa shape index (κ3) is 9.92. The zero-order chi connectivity index (χ0) is 34.5. The molecule has 0 aromatic heterocycles. The van der Waals surface area contributed by atoms with Crippen LogP contribution in [0.5, 0.6) is 0 Å². The SMILES string of the molecule is CCCS(=O)(=O)N(C)c1cccc(C(=O)N[C@@H](Cc2ccccc2)[C@H](O)CN(C(=O)OCc2ccccc2)[C@@H](CC)c2ccccc2)c1. The normalized spacial score (nSPS) is 13.2. The average Bonchev–Trinajstić information content (AvgIpc) is 3.11. The molecule has 9 nitrogen and oxygen atoms in total. The Morgan fingerprint density at radius 2 is 1.44 bits per heavy atom. The van der Waals surface area contributed by atoms with Gasteiger partial charge in [-0.25, -0.2) is 13.2 Å². The molecule has 4 aromatic carbocycles. The van der Waals surface area contributed by atoms with Crippen molar-refractivity contribution in [3.05, 3.63) is 138 Å². The van der Waals surface area contributed by atoms with Crippen LogP contribution >= 0.6 is 0 Å². The Morgan fingerprint density at radius 1 is 0.833 bits per heavy atom. The summed E-state index contributed by atoms with van der Waals surface area (Å²) in [6, 6.07) is 33.6. The van der Waals surface area contributed by atoms with Gasteiger partial charge in [0.05, 0.1) is 36.2 Å². The second-order valence-electron chi connectivity index (χ2n) is 11.7. The molecule has 0 heterocycles. The summed E-state index contributed by atoms with van der Waals surface area (Å²) < 4.78 is 32.3. The molecule has 0 bridgehead atoms. The van der Waals surface area contributed by atoms with Crippen molar-refractivity contribution in [3.63, 3.8) is 0 Å². The summed E-state index contributed by atoms with van der Waals surface area (Å²) in [5.74, 6) is -0.497. The monoisotopic (exact) mass is 671 g/mol. The quantitative estimate of drug-likeness (QED) is 0.143. The molecule has 3 atom stereocenters. The Bertz CT molecular complexity index is 1700. The smallest absolute Gasteiger partial charge is 0.410 e. The summed E-state index contributed by atoms with van der Waals surface area (Å²) in [4.78, 5) is 29.0. The van der Waals surface area contributed by atoms with Crippen molar-refractivity contribution in [2.24, 2.45) is 0 Å². The molecule has 0 saturated carbocycles. The lowest BCUT2D eigenvalue weighted by molar-refractivity contribution is 0.0368. The Hall–Kier alpha value is -4.67. The first kappa shape index (κ1) is 36.2. The minimum absolute atomic E-state index is 0.0166. The number of carbonyl (C=O) groups excluding carboxylic acids is 2. The van der Waals surface area contributed by atoms with Gasteiger partial charge < -0.3 is 15.2 Å². The molecule has 254 valence electrons. The summed E-state index contributed by atoms with van der Waals surface area (Å²) in [6.45, 7) is 3.72. The van der Waals surface area contributed by atoms with Gasteiger partial charge >= 0.3 is 6.09 Å². The number of amides is 2. The zero-order valence-electron chi connectivity index (χ0n) is 27.7. The van der Waals surface area contributed by atoms with Crippen molar-refractivity contribution in [2.45, 2.75) is 57.9 Å². The van der Waals surface area contributed by atoms with Crippen molar-refractivity contribution >= 4 is 27.7 Å². The molecule has 4 aromatic rings. The highest BCUT2D eigenvalue weighted by Gasteiger charge is 2.32. The van der Waals surface area contributed by atoms with Crippen molar-refractivity contribution < 1.29 is 27.9 Å². The van der Waals surface area contributed by atoms with Crippen molar-refractivity contribution in [2.75, 3.05) is 23.7 Å². The Labute approximate surface area is 284 Å². The molecule has 0 fully saturated rings. The maximum absolute atomic E-state index is 13.7. The molecule has 2 amide bonds. The van der Waals surface area contributed by atoms with E-state index in [4.69, 9.17) is 4.74 Å². The molecule has 0 radical (unpaired) electrons. The Morgan fingerprint density at radius 3 is 2.04 bits per heavy atom. The number of aliphatic hydroxyl groups is 1. The number of hydrogen-bond donors (Lipinski definition) is 2. The van der Waals surface area contributed by atoms with E-state index < -0.39 is 40.2 Å². The first-order chi connectivity index (χ1) is 23.1. The van der Waals surface area contributed by atoms with Gasteiger partial charge in [0.2, 0.25) is 10.0 Å². The van der Waals surface area contributed by atoms with Crippen LogP contribution < -0.4 is 9.62 Å². The molecule has 0 aliphatic carbocycles. The number of rotatable bonds is 16. The fourth-order valence-corrected chi connectivity index (χ4v) is 6.80. The second kappa shape index (κ2) is 17.5. The summed E-state index contributed by atoms with van der Waals surface area (Å²) in [7, 11) is -2.08. The Kier molecular flexibility index (Phi) is 13.2. The van der Waals surface area contributed by atoms with E-state index in [1.54, 1.807) is 25.1 Å². The minimum atomic E-state index is -3.55. The van der Waals surface area contributed by atoms with Crippen LogP contribution in [0, 0.1) is 0 Å². The van der Waals surface area contributed by atoms with Gasteiger partial charge in [0.1, 0.15) is 6.61 Å². The molecule has 2 N–H and O–H groups in total. The molecular formula is C38H45N3O6S. The Balaban J connectivity index is 1.61. The van der Waals surface area contributed by atoms with Gasteiger partial charge in [0, 0.05) is 12.6 Å². The molecular weight excluding hydrogens is 627 g/mol. The van der Waals surface area contributed by atoms with Crippen molar-refractivity contribution in [3.8, 4) is 0 Å². The van der Waals surface area contributed by atoms with Crippen LogP contribution in [-0.2, 0) is 27.8 Å². The van der Waals surface area contributed by atoms with E-state index in [1.165, 1.54) is 22.3 Å².